The predicted molar refractivity (Wildman–Crippen MR) is 130 cm³/mol. The number of nitrogens with one attached hydrogen (secondary N) is 1. The van der Waals surface area contributed by atoms with Gasteiger partial charge >= 0.3 is 0 Å². The average Bonchev–Trinajstić information content (AvgIpc) is 3.26. The van der Waals surface area contributed by atoms with E-state index in [0.717, 1.165) is 38.3 Å². The maximum atomic E-state index is 14.3. The van der Waals surface area contributed by atoms with Gasteiger partial charge in [-0.05, 0) is 37.5 Å². The lowest BCUT2D eigenvalue weighted by molar-refractivity contribution is 0.271. The zero-order chi connectivity index (χ0) is 23.2. The standard InChI is InChI=1S/C25H26FN7/c1-3-32-11-13-33(14-12-32)20-9-7-18(8-10-20)24-25(23(17-28-2)30-31-24)29-16-21-19(15-27)5-4-6-22(21)26/h4-10,17,30H,2-3,11-14,16H2,1H3/b23-17+,29-25?. The number of hydrazone groups is 1. The molecule has 8 heteroatoms. The highest BCUT2D eigenvalue weighted by molar-refractivity contribution is 6.54. The number of halogens is 1. The monoisotopic (exact) mass is 443 g/mol. The van der Waals surface area contributed by atoms with Gasteiger partial charge in [0.2, 0.25) is 0 Å². The van der Waals surface area contributed by atoms with E-state index >= 15 is 0 Å². The molecular formula is C25H26FN7. The van der Waals surface area contributed by atoms with Crippen molar-refractivity contribution in [3.63, 3.8) is 0 Å². The quantitative estimate of drug-likeness (QED) is 0.695. The second-order valence-corrected chi connectivity index (χ2v) is 7.81. The summed E-state index contributed by atoms with van der Waals surface area (Å²) in [4.78, 5) is 13.3. The largest absolute Gasteiger partial charge is 0.369 e. The Balaban J connectivity index is 1.58. The molecule has 4 rings (SSSR count). The number of allylic oxidation sites excluding steroid dienone is 1. The summed E-state index contributed by atoms with van der Waals surface area (Å²) in [5.74, 6) is -0.456. The van der Waals surface area contributed by atoms with Crippen molar-refractivity contribution in [2.75, 3.05) is 37.6 Å². The van der Waals surface area contributed by atoms with Gasteiger partial charge < -0.3 is 9.80 Å². The highest BCUT2D eigenvalue weighted by Gasteiger charge is 2.24. The van der Waals surface area contributed by atoms with Crippen LogP contribution in [0.1, 0.15) is 23.6 Å². The molecule has 0 aromatic heterocycles. The first-order valence-electron chi connectivity index (χ1n) is 10.9. The molecular weight excluding hydrogens is 417 g/mol. The topological polar surface area (TPSA) is 79.4 Å². The Morgan fingerprint density at radius 3 is 2.61 bits per heavy atom. The molecule has 0 aliphatic carbocycles. The molecule has 1 saturated heterocycles. The molecule has 7 nitrogen and oxygen atoms in total. The highest BCUT2D eigenvalue weighted by atomic mass is 19.1. The van der Waals surface area contributed by atoms with Gasteiger partial charge in [0.15, 0.2) is 0 Å². The number of nitriles is 1. The summed E-state index contributed by atoms with van der Waals surface area (Å²) < 4.78 is 14.3. The number of nitrogens with zero attached hydrogens (tertiary/aromatic N) is 6. The molecule has 2 aliphatic rings. The van der Waals surface area contributed by atoms with Gasteiger partial charge in [0.25, 0.3) is 0 Å². The van der Waals surface area contributed by atoms with Gasteiger partial charge in [-0.15, -0.1) is 0 Å². The summed E-state index contributed by atoms with van der Waals surface area (Å²) in [6.45, 7) is 10.9. The van der Waals surface area contributed by atoms with Gasteiger partial charge in [-0.25, -0.2) is 4.39 Å². The number of rotatable bonds is 6. The van der Waals surface area contributed by atoms with Gasteiger partial charge in [-0.2, -0.15) is 10.4 Å². The minimum atomic E-state index is -0.456. The maximum Gasteiger partial charge on any atom is 0.129 e. The fourth-order valence-electron chi connectivity index (χ4n) is 4.03. The van der Waals surface area contributed by atoms with Crippen molar-refractivity contribution >= 4 is 23.8 Å². The first-order chi connectivity index (χ1) is 16.1. The minimum absolute atomic E-state index is 0.0138. The summed E-state index contributed by atoms with van der Waals surface area (Å²) >= 11 is 0. The first kappa shape index (κ1) is 22.4. The van der Waals surface area contributed by atoms with Crippen LogP contribution >= 0.6 is 0 Å². The molecule has 0 saturated carbocycles. The van der Waals surface area contributed by atoms with Gasteiger partial charge in [-0.3, -0.25) is 15.4 Å². The van der Waals surface area contributed by atoms with Crippen LogP contribution < -0.4 is 10.3 Å². The Hall–Kier alpha value is -3.83. The van der Waals surface area contributed by atoms with Crippen LogP contribution in [0.25, 0.3) is 0 Å². The van der Waals surface area contributed by atoms with Crippen LogP contribution in [0.15, 0.2) is 69.4 Å². The Bertz CT molecular complexity index is 1150. The molecule has 0 atom stereocenters. The van der Waals surface area contributed by atoms with Crippen molar-refractivity contribution in [1.29, 1.82) is 5.26 Å². The Morgan fingerprint density at radius 2 is 1.94 bits per heavy atom. The van der Waals surface area contributed by atoms with E-state index in [4.69, 9.17) is 0 Å². The lowest BCUT2D eigenvalue weighted by Gasteiger charge is -2.35. The number of likely N-dealkylation sites (N-methyl/N-ethyl adjacent to an activating group) is 1. The fourth-order valence-corrected chi connectivity index (χ4v) is 4.03. The van der Waals surface area contributed by atoms with Crippen molar-refractivity contribution in [3.8, 4) is 6.07 Å². The molecule has 0 spiro atoms. The van der Waals surface area contributed by atoms with Crippen molar-refractivity contribution in [2.45, 2.75) is 13.5 Å². The molecule has 2 aromatic rings. The Morgan fingerprint density at radius 1 is 1.18 bits per heavy atom. The predicted octanol–water partition coefficient (Wildman–Crippen LogP) is 3.33. The molecule has 33 heavy (non-hydrogen) atoms. The molecule has 0 unspecified atom stereocenters. The maximum absolute atomic E-state index is 14.3. The van der Waals surface area contributed by atoms with Crippen molar-refractivity contribution in [1.82, 2.24) is 10.3 Å². The van der Waals surface area contributed by atoms with Crippen LogP contribution in [0.3, 0.4) is 0 Å². The van der Waals surface area contributed by atoms with Crippen LogP contribution in [0.4, 0.5) is 10.1 Å². The third-order valence-electron chi connectivity index (χ3n) is 5.95. The molecule has 2 aromatic carbocycles. The van der Waals surface area contributed by atoms with E-state index in [2.05, 4.69) is 56.1 Å². The molecule has 2 aliphatic heterocycles. The van der Waals surface area contributed by atoms with Gasteiger partial charge in [-0.1, -0.05) is 25.1 Å². The summed E-state index contributed by atoms with van der Waals surface area (Å²) in [6, 6.07) is 14.7. The zero-order valence-corrected chi connectivity index (χ0v) is 18.6. The summed E-state index contributed by atoms with van der Waals surface area (Å²) in [5.41, 5.74) is 7.29. The number of benzene rings is 2. The molecule has 1 fully saturated rings. The van der Waals surface area contributed by atoms with E-state index in [-0.39, 0.29) is 17.7 Å². The van der Waals surface area contributed by atoms with E-state index in [0.29, 0.717) is 17.1 Å². The summed E-state index contributed by atoms with van der Waals surface area (Å²) in [6.07, 6.45) is 1.53. The van der Waals surface area contributed by atoms with Crippen LogP contribution in [0, 0.1) is 17.1 Å². The highest BCUT2D eigenvalue weighted by Crippen LogP contribution is 2.21. The number of aliphatic imine (C=N–C) groups is 2. The molecule has 0 radical (unpaired) electrons. The SMILES string of the molecule is C=N/C=C1/NN=C(c2ccc(N3CCN(CC)CC3)cc2)C1=NCc1c(F)cccc1C#N. The van der Waals surface area contributed by atoms with E-state index in [1.165, 1.54) is 24.0 Å². The van der Waals surface area contributed by atoms with Crippen molar-refractivity contribution in [3.05, 3.63) is 76.9 Å². The number of anilines is 1. The molecule has 168 valence electrons. The van der Waals surface area contributed by atoms with Gasteiger partial charge in [0, 0.05) is 43.0 Å². The molecule has 0 amide bonds. The second-order valence-electron chi connectivity index (χ2n) is 7.81. The van der Waals surface area contributed by atoms with E-state index < -0.39 is 5.82 Å². The third kappa shape index (κ3) is 4.83. The Kier molecular flexibility index (Phi) is 6.91. The fraction of sp³-hybridized carbons (Fsp3) is 0.280. The van der Waals surface area contributed by atoms with E-state index in [1.54, 1.807) is 6.07 Å². The van der Waals surface area contributed by atoms with Gasteiger partial charge in [0.1, 0.15) is 22.9 Å². The smallest absolute Gasteiger partial charge is 0.129 e. The average molecular weight is 444 g/mol. The second kappa shape index (κ2) is 10.2. The summed E-state index contributed by atoms with van der Waals surface area (Å²) in [7, 11) is 0. The zero-order valence-electron chi connectivity index (χ0n) is 18.6. The lowest BCUT2D eigenvalue weighted by Crippen LogP contribution is -2.46. The Labute approximate surface area is 193 Å². The minimum Gasteiger partial charge on any atom is -0.369 e. The van der Waals surface area contributed by atoms with Crippen LogP contribution in [0.2, 0.25) is 0 Å². The molecule has 2 heterocycles. The van der Waals surface area contributed by atoms with Crippen LogP contribution in [-0.4, -0.2) is 55.8 Å². The van der Waals surface area contributed by atoms with Crippen molar-refractivity contribution < 1.29 is 4.39 Å². The molecule has 0 bridgehead atoms. The number of piperazine rings is 1. The van der Waals surface area contributed by atoms with Crippen LogP contribution in [0.5, 0.6) is 0 Å². The van der Waals surface area contributed by atoms with Gasteiger partial charge in [0.05, 0.1) is 24.4 Å². The third-order valence-corrected chi connectivity index (χ3v) is 5.95. The van der Waals surface area contributed by atoms with E-state index in [9.17, 15) is 9.65 Å². The van der Waals surface area contributed by atoms with Crippen LogP contribution in [-0.2, 0) is 6.54 Å². The number of hydrogen-bond donors (Lipinski definition) is 1. The van der Waals surface area contributed by atoms with E-state index in [1.807, 2.05) is 18.2 Å². The number of hydrogen-bond acceptors (Lipinski definition) is 7. The first-order valence-corrected chi connectivity index (χ1v) is 10.9. The lowest BCUT2D eigenvalue weighted by atomic mass is 10.0. The molecule has 1 N–H and O–H groups in total. The normalized spacial score (nSPS) is 18.8. The summed E-state index contributed by atoms with van der Waals surface area (Å²) in [5, 5.41) is 13.7. The van der Waals surface area contributed by atoms with Crippen molar-refractivity contribution in [2.24, 2.45) is 15.1 Å².